The lowest BCUT2D eigenvalue weighted by Gasteiger charge is -2.23. The minimum Gasteiger partial charge on any atom is -0.480 e. The van der Waals surface area contributed by atoms with Crippen LogP contribution >= 0.6 is 11.3 Å². The van der Waals surface area contributed by atoms with Crippen LogP contribution in [0, 0.1) is 0 Å². The van der Waals surface area contributed by atoms with Crippen molar-refractivity contribution in [3.05, 3.63) is 52.2 Å². The highest BCUT2D eigenvalue weighted by Gasteiger charge is 2.31. The molecular formula is C16H17NO2S. The SMILES string of the molecule is CCN(Cc1cccs1)C(=O)C1Cc2ccccc2O1. The van der Waals surface area contributed by atoms with Gasteiger partial charge in [0.25, 0.3) is 5.91 Å². The predicted octanol–water partition coefficient (Wildman–Crippen LogP) is 3.10. The van der Waals surface area contributed by atoms with Crippen molar-refractivity contribution in [3.8, 4) is 5.75 Å². The third-order valence-corrected chi connectivity index (χ3v) is 4.40. The van der Waals surface area contributed by atoms with Gasteiger partial charge in [-0.2, -0.15) is 0 Å². The topological polar surface area (TPSA) is 29.5 Å². The fourth-order valence-electron chi connectivity index (χ4n) is 2.46. The Morgan fingerprint density at radius 1 is 1.35 bits per heavy atom. The van der Waals surface area contributed by atoms with Crippen molar-refractivity contribution >= 4 is 17.2 Å². The Hall–Kier alpha value is -1.81. The first kappa shape index (κ1) is 13.2. The van der Waals surface area contributed by atoms with E-state index in [9.17, 15) is 4.79 Å². The molecule has 104 valence electrons. The van der Waals surface area contributed by atoms with E-state index in [0.717, 1.165) is 11.3 Å². The first-order valence-corrected chi connectivity index (χ1v) is 7.71. The fourth-order valence-corrected chi connectivity index (χ4v) is 3.18. The molecule has 0 fully saturated rings. The number of ether oxygens (including phenoxy) is 1. The molecule has 2 heterocycles. The van der Waals surface area contributed by atoms with E-state index in [1.807, 2.05) is 47.5 Å². The van der Waals surface area contributed by atoms with Gasteiger partial charge in [-0.15, -0.1) is 11.3 Å². The van der Waals surface area contributed by atoms with E-state index in [1.54, 1.807) is 11.3 Å². The number of benzene rings is 1. The largest absolute Gasteiger partial charge is 0.480 e. The van der Waals surface area contributed by atoms with Gasteiger partial charge in [-0.1, -0.05) is 24.3 Å². The van der Waals surface area contributed by atoms with Crippen LogP contribution in [0.4, 0.5) is 0 Å². The van der Waals surface area contributed by atoms with Crippen molar-refractivity contribution in [1.29, 1.82) is 0 Å². The summed E-state index contributed by atoms with van der Waals surface area (Å²) in [5, 5.41) is 2.04. The summed E-state index contributed by atoms with van der Waals surface area (Å²) in [6.45, 7) is 3.38. The molecule has 1 amide bonds. The molecular weight excluding hydrogens is 270 g/mol. The minimum absolute atomic E-state index is 0.0806. The number of thiophene rings is 1. The molecule has 0 N–H and O–H groups in total. The van der Waals surface area contributed by atoms with Crippen LogP contribution in [-0.4, -0.2) is 23.5 Å². The molecule has 0 bridgehead atoms. The van der Waals surface area contributed by atoms with Crippen molar-refractivity contribution in [3.63, 3.8) is 0 Å². The Kier molecular flexibility index (Phi) is 3.74. The molecule has 0 saturated heterocycles. The Bertz CT molecular complexity index is 563. The third kappa shape index (κ3) is 2.56. The predicted molar refractivity (Wildman–Crippen MR) is 80.0 cm³/mol. The quantitative estimate of drug-likeness (QED) is 0.865. The Balaban J connectivity index is 1.69. The van der Waals surface area contributed by atoms with E-state index in [2.05, 4.69) is 6.07 Å². The highest BCUT2D eigenvalue weighted by atomic mass is 32.1. The Morgan fingerprint density at radius 2 is 2.20 bits per heavy atom. The zero-order valence-electron chi connectivity index (χ0n) is 11.4. The Morgan fingerprint density at radius 3 is 2.90 bits per heavy atom. The minimum atomic E-state index is -0.368. The molecule has 1 aromatic carbocycles. The summed E-state index contributed by atoms with van der Waals surface area (Å²) in [6.07, 6.45) is 0.308. The molecule has 1 aliphatic heterocycles. The van der Waals surface area contributed by atoms with Gasteiger partial charge >= 0.3 is 0 Å². The van der Waals surface area contributed by atoms with Crippen molar-refractivity contribution in [1.82, 2.24) is 4.90 Å². The lowest BCUT2D eigenvalue weighted by molar-refractivity contribution is -0.138. The molecule has 1 atom stereocenters. The summed E-state index contributed by atoms with van der Waals surface area (Å²) < 4.78 is 5.78. The van der Waals surface area contributed by atoms with Crippen LogP contribution in [0.2, 0.25) is 0 Å². The van der Waals surface area contributed by atoms with Crippen LogP contribution in [0.25, 0.3) is 0 Å². The van der Waals surface area contributed by atoms with Gasteiger partial charge in [-0.05, 0) is 30.0 Å². The first-order chi connectivity index (χ1) is 9.78. The number of fused-ring (bicyclic) bond motifs is 1. The van der Waals surface area contributed by atoms with Crippen LogP contribution in [0.5, 0.6) is 5.75 Å². The molecule has 0 aliphatic carbocycles. The maximum absolute atomic E-state index is 12.6. The van der Waals surface area contributed by atoms with Gasteiger partial charge in [0.15, 0.2) is 6.10 Å². The number of carbonyl (C=O) groups excluding carboxylic acids is 1. The van der Waals surface area contributed by atoms with Crippen LogP contribution in [-0.2, 0) is 17.8 Å². The summed E-state index contributed by atoms with van der Waals surface area (Å²) in [5.74, 6) is 0.926. The number of amides is 1. The van der Waals surface area contributed by atoms with Gasteiger partial charge in [0.1, 0.15) is 5.75 Å². The summed E-state index contributed by atoms with van der Waals surface area (Å²) >= 11 is 1.68. The maximum atomic E-state index is 12.6. The van der Waals surface area contributed by atoms with Crippen LogP contribution in [0.15, 0.2) is 41.8 Å². The second-order valence-corrected chi connectivity index (χ2v) is 5.88. The third-order valence-electron chi connectivity index (χ3n) is 3.54. The molecule has 0 saturated carbocycles. The number of likely N-dealkylation sites (N-methyl/N-ethyl adjacent to an activating group) is 1. The number of nitrogens with zero attached hydrogens (tertiary/aromatic N) is 1. The van der Waals surface area contributed by atoms with E-state index >= 15 is 0 Å². The smallest absolute Gasteiger partial charge is 0.264 e. The molecule has 1 aromatic heterocycles. The van der Waals surface area contributed by atoms with Gasteiger partial charge in [-0.25, -0.2) is 0 Å². The second kappa shape index (κ2) is 5.67. The van der Waals surface area contributed by atoms with E-state index in [0.29, 0.717) is 19.5 Å². The molecule has 0 spiro atoms. The number of carbonyl (C=O) groups is 1. The van der Waals surface area contributed by atoms with Crippen molar-refractivity contribution in [2.24, 2.45) is 0 Å². The lowest BCUT2D eigenvalue weighted by atomic mass is 10.1. The van der Waals surface area contributed by atoms with Gasteiger partial charge in [0.2, 0.25) is 0 Å². The van der Waals surface area contributed by atoms with Crippen molar-refractivity contribution < 1.29 is 9.53 Å². The van der Waals surface area contributed by atoms with E-state index in [1.165, 1.54) is 4.88 Å². The standard InChI is InChI=1S/C16H17NO2S/c1-2-17(11-13-7-5-9-20-13)16(18)15-10-12-6-3-4-8-14(12)19-15/h3-9,15H,2,10-11H2,1H3. The van der Waals surface area contributed by atoms with Crippen LogP contribution in [0.1, 0.15) is 17.4 Å². The average Bonchev–Trinajstić information content (AvgIpc) is 3.12. The zero-order valence-corrected chi connectivity index (χ0v) is 12.2. The van der Waals surface area contributed by atoms with Gasteiger partial charge in [0, 0.05) is 17.8 Å². The zero-order chi connectivity index (χ0) is 13.9. The molecule has 4 heteroatoms. The summed E-state index contributed by atoms with van der Waals surface area (Å²) in [7, 11) is 0. The summed E-state index contributed by atoms with van der Waals surface area (Å²) in [5.41, 5.74) is 1.12. The highest BCUT2D eigenvalue weighted by molar-refractivity contribution is 7.09. The van der Waals surface area contributed by atoms with Gasteiger partial charge < -0.3 is 9.64 Å². The van der Waals surface area contributed by atoms with Gasteiger partial charge in [0.05, 0.1) is 6.54 Å². The molecule has 3 rings (SSSR count). The number of hydrogen-bond acceptors (Lipinski definition) is 3. The van der Waals surface area contributed by atoms with Crippen molar-refractivity contribution in [2.45, 2.75) is 26.0 Å². The van der Waals surface area contributed by atoms with Crippen LogP contribution in [0.3, 0.4) is 0 Å². The molecule has 1 unspecified atom stereocenters. The molecule has 20 heavy (non-hydrogen) atoms. The van der Waals surface area contributed by atoms with Crippen molar-refractivity contribution in [2.75, 3.05) is 6.54 Å². The molecule has 2 aromatic rings. The maximum Gasteiger partial charge on any atom is 0.264 e. The normalized spacial score (nSPS) is 16.6. The van der Waals surface area contributed by atoms with E-state index < -0.39 is 0 Å². The first-order valence-electron chi connectivity index (χ1n) is 6.83. The summed E-state index contributed by atoms with van der Waals surface area (Å²) in [6, 6.07) is 12.0. The second-order valence-electron chi connectivity index (χ2n) is 4.85. The van der Waals surface area contributed by atoms with E-state index in [-0.39, 0.29) is 12.0 Å². The number of para-hydroxylation sites is 1. The molecule has 1 aliphatic rings. The number of hydrogen-bond donors (Lipinski definition) is 0. The summed E-state index contributed by atoms with van der Waals surface area (Å²) in [4.78, 5) is 15.6. The monoisotopic (exact) mass is 287 g/mol. The molecule has 0 radical (unpaired) electrons. The highest BCUT2D eigenvalue weighted by Crippen LogP contribution is 2.29. The Labute approximate surface area is 122 Å². The average molecular weight is 287 g/mol. The fraction of sp³-hybridized carbons (Fsp3) is 0.312. The van der Waals surface area contributed by atoms with Gasteiger partial charge in [-0.3, -0.25) is 4.79 Å². The molecule has 3 nitrogen and oxygen atoms in total. The van der Waals surface area contributed by atoms with E-state index in [4.69, 9.17) is 4.74 Å². The lowest BCUT2D eigenvalue weighted by Crippen LogP contribution is -2.40. The number of rotatable bonds is 4. The van der Waals surface area contributed by atoms with Crippen LogP contribution < -0.4 is 4.74 Å².